The van der Waals surface area contributed by atoms with Crippen LogP contribution < -0.4 is 10.6 Å². The second-order valence-corrected chi connectivity index (χ2v) is 13.3. The summed E-state index contributed by atoms with van der Waals surface area (Å²) in [6, 6.07) is 11.5. The third kappa shape index (κ3) is 13.8. The van der Waals surface area contributed by atoms with Crippen molar-refractivity contribution in [1.82, 2.24) is 20.4 Å². The Morgan fingerprint density at radius 3 is 2.09 bits per heavy atom. The average molecular weight is 635 g/mol. The quantitative estimate of drug-likeness (QED) is 0.237. The van der Waals surface area contributed by atoms with E-state index in [1.807, 2.05) is 20.8 Å². The lowest BCUT2D eigenvalue weighted by Gasteiger charge is -2.46. The molecule has 2 unspecified atom stereocenters. The van der Waals surface area contributed by atoms with E-state index < -0.39 is 0 Å². The molecule has 1 aromatic rings. The van der Waals surface area contributed by atoms with Crippen LogP contribution >= 0.6 is 0 Å². The largest absolute Gasteiger partial charge is 0.386 e. The Bertz CT molecular complexity index is 1050. The number of nitrogens with zero attached hydrogens (tertiary/aromatic N) is 2. The molecular formula is C42H74N4. The average Bonchev–Trinajstić information content (AvgIpc) is 3.07. The predicted molar refractivity (Wildman–Crippen MR) is 206 cm³/mol. The van der Waals surface area contributed by atoms with Crippen molar-refractivity contribution >= 4 is 0 Å². The van der Waals surface area contributed by atoms with Crippen LogP contribution in [-0.4, -0.2) is 48.1 Å². The smallest absolute Gasteiger partial charge is 0.0611 e. The lowest BCUT2D eigenvalue weighted by Crippen LogP contribution is -2.51. The van der Waals surface area contributed by atoms with E-state index in [0.717, 1.165) is 37.2 Å². The van der Waals surface area contributed by atoms with Crippen molar-refractivity contribution in [1.29, 1.82) is 0 Å². The Balaban J connectivity index is 0.000000423. The van der Waals surface area contributed by atoms with Crippen molar-refractivity contribution < 1.29 is 0 Å². The lowest BCUT2D eigenvalue weighted by atomic mass is 9.92. The van der Waals surface area contributed by atoms with Gasteiger partial charge in [0.15, 0.2) is 0 Å². The third-order valence-electron chi connectivity index (χ3n) is 9.06. The summed E-state index contributed by atoms with van der Waals surface area (Å²) in [5.74, 6) is 0. The number of benzene rings is 1. The van der Waals surface area contributed by atoms with Crippen molar-refractivity contribution in [2.45, 2.75) is 158 Å². The lowest BCUT2D eigenvalue weighted by molar-refractivity contribution is 0.0362. The molecule has 0 bridgehead atoms. The monoisotopic (exact) mass is 635 g/mol. The Kier molecular flexibility index (Phi) is 21.7. The Morgan fingerprint density at radius 1 is 0.957 bits per heavy atom. The molecule has 0 amide bonds. The molecule has 2 fully saturated rings. The summed E-state index contributed by atoms with van der Waals surface area (Å²) in [5.41, 5.74) is 8.94. The summed E-state index contributed by atoms with van der Waals surface area (Å²) in [6.45, 7) is 32.5. The van der Waals surface area contributed by atoms with Gasteiger partial charge in [-0.15, -0.1) is 0 Å². The fourth-order valence-corrected chi connectivity index (χ4v) is 6.70. The number of allylic oxidation sites excluding steroid dienone is 5. The standard InChI is InChI=1S/C22H36N2.C15H24N2.C3H8.C2H6/c1-4-20-8-6-7-15-24(20)21-13-16-23(17-14-21)22(5-2)19-11-9-18(3)10-12-19;1-6-8-16-14-10-12(5)15(14)17-13(7-2)9-11(3)4;1-3-2;1-2/h9-12,20-22H,4-8,13-17H2,1-3H3;7,9,16-17H,5-6,8,10H2,1-4H3;3H2,1-2H3;1-2H3/b;13-7+;;. The molecule has 0 aromatic heterocycles. The summed E-state index contributed by atoms with van der Waals surface area (Å²) in [7, 11) is 0. The minimum absolute atomic E-state index is 0.606. The highest BCUT2D eigenvalue weighted by Gasteiger charge is 2.32. The summed E-state index contributed by atoms with van der Waals surface area (Å²) in [4.78, 5) is 5.61. The molecule has 0 radical (unpaired) electrons. The van der Waals surface area contributed by atoms with Crippen LogP contribution in [0.3, 0.4) is 0 Å². The van der Waals surface area contributed by atoms with Gasteiger partial charge in [0.1, 0.15) is 0 Å². The Morgan fingerprint density at radius 2 is 1.59 bits per heavy atom. The van der Waals surface area contributed by atoms with E-state index in [1.54, 1.807) is 0 Å². The minimum Gasteiger partial charge on any atom is -0.386 e. The molecule has 0 spiro atoms. The number of rotatable bonds is 11. The summed E-state index contributed by atoms with van der Waals surface area (Å²) < 4.78 is 0. The normalized spacial score (nSPS) is 19.7. The zero-order chi connectivity index (χ0) is 34.5. The van der Waals surface area contributed by atoms with Crippen LogP contribution in [0.15, 0.2) is 71.2 Å². The zero-order valence-electron chi connectivity index (χ0n) is 32.2. The first-order valence-electron chi connectivity index (χ1n) is 19.0. The summed E-state index contributed by atoms with van der Waals surface area (Å²) in [6.07, 6.45) is 17.2. The number of likely N-dealkylation sites (tertiary alicyclic amines) is 2. The van der Waals surface area contributed by atoms with Gasteiger partial charge >= 0.3 is 0 Å². The van der Waals surface area contributed by atoms with Crippen molar-refractivity contribution in [3.63, 3.8) is 0 Å². The highest BCUT2D eigenvalue weighted by molar-refractivity contribution is 5.47. The number of piperidine rings is 2. The Hall–Kier alpha value is -2.30. The molecule has 1 aliphatic carbocycles. The molecule has 46 heavy (non-hydrogen) atoms. The maximum Gasteiger partial charge on any atom is 0.0611 e. The summed E-state index contributed by atoms with van der Waals surface area (Å²) >= 11 is 0. The Labute approximate surface area is 286 Å². The van der Waals surface area contributed by atoms with Gasteiger partial charge in [-0.2, -0.15) is 0 Å². The van der Waals surface area contributed by atoms with E-state index in [4.69, 9.17) is 0 Å². The molecule has 3 aliphatic rings. The van der Waals surface area contributed by atoms with E-state index in [2.05, 4.69) is 119 Å². The van der Waals surface area contributed by atoms with Crippen molar-refractivity contribution in [2.24, 2.45) is 0 Å². The zero-order valence-corrected chi connectivity index (χ0v) is 32.2. The molecule has 4 heteroatoms. The second-order valence-electron chi connectivity index (χ2n) is 13.3. The first kappa shape index (κ1) is 41.7. The van der Waals surface area contributed by atoms with Gasteiger partial charge < -0.3 is 10.6 Å². The number of nitrogens with one attached hydrogen (secondary N) is 2. The van der Waals surface area contributed by atoms with Crippen LogP contribution in [0.1, 0.15) is 151 Å². The molecule has 1 aromatic carbocycles. The van der Waals surface area contributed by atoms with Crippen molar-refractivity contribution in [3.8, 4) is 0 Å². The van der Waals surface area contributed by atoms with Crippen LogP contribution in [0, 0.1) is 6.92 Å². The first-order chi connectivity index (χ1) is 22.2. The fourth-order valence-electron chi connectivity index (χ4n) is 6.70. The molecular weight excluding hydrogens is 560 g/mol. The number of aryl methyl sites for hydroxylation is 1. The van der Waals surface area contributed by atoms with E-state index in [0.29, 0.717) is 6.04 Å². The van der Waals surface area contributed by atoms with Crippen LogP contribution in [0.4, 0.5) is 0 Å². The fraction of sp³-hybridized carbons (Fsp3) is 0.667. The molecule has 2 N–H and O–H groups in total. The third-order valence-corrected chi connectivity index (χ3v) is 9.06. The molecule has 4 rings (SSSR count). The SMILES string of the molecule is C=C1CC(NCCC)=C1N/C(C=C(C)C)=C/C.CC.CCC.CCC(c1ccc(C)cc1)N1CCC(N2CCCCC2CC)CC1. The second kappa shape index (κ2) is 23.9. The van der Waals surface area contributed by atoms with Crippen molar-refractivity contribution in [2.75, 3.05) is 26.2 Å². The van der Waals surface area contributed by atoms with Gasteiger partial charge in [-0.05, 0) is 96.4 Å². The maximum atomic E-state index is 4.06. The van der Waals surface area contributed by atoms with Gasteiger partial charge in [-0.3, -0.25) is 9.80 Å². The number of hydrogen-bond donors (Lipinski definition) is 2. The molecule has 0 saturated carbocycles. The molecule has 4 nitrogen and oxygen atoms in total. The van der Waals surface area contributed by atoms with Crippen LogP contribution in [-0.2, 0) is 0 Å². The van der Waals surface area contributed by atoms with Crippen molar-refractivity contribution in [3.05, 3.63) is 82.4 Å². The van der Waals surface area contributed by atoms with Gasteiger partial charge in [0.2, 0.25) is 0 Å². The van der Waals surface area contributed by atoms with Crippen LogP contribution in [0.5, 0.6) is 0 Å². The van der Waals surface area contributed by atoms with E-state index >= 15 is 0 Å². The minimum atomic E-state index is 0.606. The molecule has 2 heterocycles. The molecule has 2 aliphatic heterocycles. The first-order valence-corrected chi connectivity index (χ1v) is 19.0. The van der Waals surface area contributed by atoms with E-state index in [9.17, 15) is 0 Å². The van der Waals surface area contributed by atoms with E-state index in [1.165, 1.54) is 105 Å². The van der Waals surface area contributed by atoms with Gasteiger partial charge in [-0.25, -0.2) is 0 Å². The van der Waals surface area contributed by atoms with Crippen LogP contribution in [0.25, 0.3) is 0 Å². The van der Waals surface area contributed by atoms with Crippen LogP contribution in [0.2, 0.25) is 0 Å². The predicted octanol–water partition coefficient (Wildman–Crippen LogP) is 11.2. The van der Waals surface area contributed by atoms with Gasteiger partial charge in [0.25, 0.3) is 0 Å². The maximum absolute atomic E-state index is 4.06. The highest BCUT2D eigenvalue weighted by atomic mass is 15.2. The molecule has 262 valence electrons. The van der Waals surface area contributed by atoms with E-state index in [-0.39, 0.29) is 0 Å². The highest BCUT2D eigenvalue weighted by Crippen LogP contribution is 2.32. The topological polar surface area (TPSA) is 30.5 Å². The number of hydrogen-bond acceptors (Lipinski definition) is 4. The molecule has 2 atom stereocenters. The van der Waals surface area contributed by atoms with Gasteiger partial charge in [0, 0.05) is 55.6 Å². The molecule has 2 saturated heterocycles. The summed E-state index contributed by atoms with van der Waals surface area (Å²) in [5, 5.41) is 6.89. The van der Waals surface area contributed by atoms with Gasteiger partial charge in [0.05, 0.1) is 5.70 Å². The van der Waals surface area contributed by atoms with Gasteiger partial charge in [-0.1, -0.05) is 109 Å².